The van der Waals surface area contributed by atoms with Crippen LogP contribution in [0.25, 0.3) is 0 Å². The Morgan fingerprint density at radius 2 is 1.86 bits per heavy atom. The lowest BCUT2D eigenvalue weighted by Gasteiger charge is -2.34. The Balaban J connectivity index is 1.86. The van der Waals surface area contributed by atoms with Crippen molar-refractivity contribution in [3.63, 3.8) is 0 Å². The highest BCUT2D eigenvalue weighted by Gasteiger charge is 2.32. The first-order chi connectivity index (χ1) is 10.2. The first-order valence-corrected chi connectivity index (χ1v) is 7.34. The monoisotopic (exact) mass is 383 g/mol. The van der Waals surface area contributed by atoms with Crippen molar-refractivity contribution in [2.75, 3.05) is 38.0 Å². The highest BCUT2D eigenvalue weighted by Crippen LogP contribution is 2.20. The summed E-state index contributed by atoms with van der Waals surface area (Å²) in [6, 6.07) is 3.72. The van der Waals surface area contributed by atoms with Gasteiger partial charge >= 0.3 is 12.2 Å². The van der Waals surface area contributed by atoms with Crippen LogP contribution in [0.2, 0.25) is 0 Å². The van der Waals surface area contributed by atoms with Gasteiger partial charge in [0.15, 0.2) is 0 Å². The van der Waals surface area contributed by atoms with Gasteiger partial charge in [-0.1, -0.05) is 0 Å². The molecule has 1 fully saturated rings. The fraction of sp³-hybridized carbons (Fsp3) is 0.462. The summed E-state index contributed by atoms with van der Waals surface area (Å²) in [5.41, 5.74) is 0.295. The van der Waals surface area contributed by atoms with Gasteiger partial charge in [-0.15, -0.1) is 0 Å². The molecule has 2 amide bonds. The molecule has 0 aromatic heterocycles. The maximum Gasteiger partial charge on any atom is 0.401 e. The molecule has 1 aliphatic heterocycles. The number of nitrogens with one attached hydrogen (secondary N) is 1. The lowest BCUT2D eigenvalue weighted by Crippen LogP contribution is -2.51. The van der Waals surface area contributed by atoms with Gasteiger partial charge in [0.05, 0.1) is 11.0 Å². The second-order valence-corrected chi connectivity index (χ2v) is 5.79. The number of piperazine rings is 1. The van der Waals surface area contributed by atoms with E-state index in [2.05, 4.69) is 21.2 Å². The molecule has 0 aliphatic carbocycles. The van der Waals surface area contributed by atoms with E-state index in [-0.39, 0.29) is 30.7 Å². The molecule has 0 bridgehead atoms. The van der Waals surface area contributed by atoms with Crippen molar-refractivity contribution in [1.82, 2.24) is 9.80 Å². The molecule has 1 N–H and O–H groups in total. The first-order valence-electron chi connectivity index (χ1n) is 6.55. The summed E-state index contributed by atoms with van der Waals surface area (Å²) >= 11 is 3.01. The minimum absolute atomic E-state index is 0.154. The number of halogens is 5. The van der Waals surface area contributed by atoms with Gasteiger partial charge in [-0.05, 0) is 34.1 Å². The van der Waals surface area contributed by atoms with E-state index >= 15 is 0 Å². The highest BCUT2D eigenvalue weighted by molar-refractivity contribution is 9.10. The van der Waals surface area contributed by atoms with Crippen molar-refractivity contribution in [2.24, 2.45) is 0 Å². The third kappa shape index (κ3) is 4.84. The van der Waals surface area contributed by atoms with Crippen LogP contribution in [0.4, 0.5) is 28.0 Å². The fourth-order valence-corrected chi connectivity index (χ4v) is 2.39. The molecule has 1 aromatic rings. The minimum atomic E-state index is -4.24. The van der Waals surface area contributed by atoms with Gasteiger partial charge in [-0.3, -0.25) is 4.90 Å². The van der Waals surface area contributed by atoms with Gasteiger partial charge in [0.1, 0.15) is 5.82 Å². The van der Waals surface area contributed by atoms with E-state index in [0.29, 0.717) is 5.69 Å². The standard InChI is InChI=1S/C13H14BrF4N3O/c14-10-2-1-9(7-11(10)15)19-12(22)21-5-3-20(4-6-21)8-13(16,17)18/h1-2,7H,3-6,8H2,(H,19,22). The molecular weight excluding hydrogens is 370 g/mol. The van der Waals surface area contributed by atoms with Gasteiger partial charge in [0, 0.05) is 31.9 Å². The zero-order valence-corrected chi connectivity index (χ0v) is 13.0. The number of carbonyl (C=O) groups excluding carboxylic acids is 1. The van der Waals surface area contributed by atoms with Gasteiger partial charge < -0.3 is 10.2 Å². The van der Waals surface area contributed by atoms with Crippen LogP contribution in [-0.4, -0.2) is 54.7 Å². The number of urea groups is 1. The number of hydrogen-bond donors (Lipinski definition) is 1. The van der Waals surface area contributed by atoms with E-state index in [1.54, 1.807) is 0 Å². The summed E-state index contributed by atoms with van der Waals surface area (Å²) in [6.45, 7) is -0.272. The molecule has 1 aliphatic rings. The third-order valence-electron chi connectivity index (χ3n) is 3.23. The summed E-state index contributed by atoms with van der Waals surface area (Å²) in [5, 5.41) is 2.53. The third-order valence-corrected chi connectivity index (χ3v) is 3.88. The van der Waals surface area contributed by atoms with Crippen LogP contribution in [0.15, 0.2) is 22.7 Å². The predicted octanol–water partition coefficient (Wildman–Crippen LogP) is 3.30. The molecule has 9 heteroatoms. The van der Waals surface area contributed by atoms with E-state index in [0.717, 1.165) is 0 Å². The second kappa shape index (κ2) is 6.82. The molecule has 4 nitrogen and oxygen atoms in total. The molecule has 1 heterocycles. The lowest BCUT2D eigenvalue weighted by atomic mass is 10.3. The zero-order valence-electron chi connectivity index (χ0n) is 11.5. The first kappa shape index (κ1) is 17.0. The van der Waals surface area contributed by atoms with Crippen LogP contribution in [-0.2, 0) is 0 Å². The molecule has 122 valence electrons. The molecule has 1 aromatic carbocycles. The largest absolute Gasteiger partial charge is 0.401 e. The molecule has 0 saturated carbocycles. The Kier molecular flexibility index (Phi) is 5.28. The second-order valence-electron chi connectivity index (χ2n) is 4.94. The van der Waals surface area contributed by atoms with Gasteiger partial charge in [0.2, 0.25) is 0 Å². The number of rotatable bonds is 2. The van der Waals surface area contributed by atoms with E-state index in [1.807, 2.05) is 0 Å². The molecule has 1 saturated heterocycles. The molecule has 0 atom stereocenters. The Morgan fingerprint density at radius 1 is 1.23 bits per heavy atom. The highest BCUT2D eigenvalue weighted by atomic mass is 79.9. The lowest BCUT2D eigenvalue weighted by molar-refractivity contribution is -0.148. The Bertz CT molecular complexity index is 545. The number of anilines is 1. The fourth-order valence-electron chi connectivity index (χ4n) is 2.14. The number of carbonyl (C=O) groups is 1. The van der Waals surface area contributed by atoms with E-state index in [1.165, 1.54) is 28.0 Å². The average Bonchev–Trinajstić information content (AvgIpc) is 2.42. The van der Waals surface area contributed by atoms with Gasteiger partial charge in [-0.2, -0.15) is 13.2 Å². The van der Waals surface area contributed by atoms with Crippen molar-refractivity contribution in [1.29, 1.82) is 0 Å². The summed E-state index contributed by atoms with van der Waals surface area (Å²) < 4.78 is 50.5. The number of benzene rings is 1. The van der Waals surface area contributed by atoms with Crippen LogP contribution in [0.3, 0.4) is 0 Å². The number of amides is 2. The van der Waals surface area contributed by atoms with E-state index in [9.17, 15) is 22.4 Å². The Labute approximate surface area is 133 Å². The summed E-state index contributed by atoms with van der Waals surface area (Å²) in [4.78, 5) is 14.7. The number of nitrogens with zero attached hydrogens (tertiary/aromatic N) is 2. The average molecular weight is 384 g/mol. The topological polar surface area (TPSA) is 35.6 Å². The predicted molar refractivity (Wildman–Crippen MR) is 77.2 cm³/mol. The van der Waals surface area contributed by atoms with E-state index < -0.39 is 24.6 Å². The molecule has 0 unspecified atom stereocenters. The molecular formula is C13H14BrF4N3O. The van der Waals surface area contributed by atoms with Crippen LogP contribution in [0.1, 0.15) is 0 Å². The van der Waals surface area contributed by atoms with Crippen LogP contribution >= 0.6 is 15.9 Å². The van der Waals surface area contributed by atoms with Gasteiger partial charge in [0.25, 0.3) is 0 Å². The van der Waals surface area contributed by atoms with Crippen molar-refractivity contribution < 1.29 is 22.4 Å². The number of hydrogen-bond acceptors (Lipinski definition) is 2. The van der Waals surface area contributed by atoms with Gasteiger partial charge in [-0.25, -0.2) is 9.18 Å². The Morgan fingerprint density at radius 3 is 2.41 bits per heavy atom. The number of alkyl halides is 3. The maximum absolute atomic E-state index is 13.4. The smallest absolute Gasteiger partial charge is 0.322 e. The molecule has 22 heavy (non-hydrogen) atoms. The minimum Gasteiger partial charge on any atom is -0.322 e. The molecule has 0 radical (unpaired) electrons. The normalized spacial score (nSPS) is 16.7. The summed E-state index contributed by atoms with van der Waals surface area (Å²) in [7, 11) is 0. The Hall–Kier alpha value is -1.35. The molecule has 0 spiro atoms. The van der Waals surface area contributed by atoms with Crippen LogP contribution in [0, 0.1) is 5.82 Å². The van der Waals surface area contributed by atoms with Crippen LogP contribution < -0.4 is 5.32 Å². The van der Waals surface area contributed by atoms with Crippen molar-refractivity contribution >= 4 is 27.6 Å². The van der Waals surface area contributed by atoms with Crippen molar-refractivity contribution in [2.45, 2.75) is 6.18 Å². The SMILES string of the molecule is O=C(Nc1ccc(Br)c(F)c1)N1CCN(CC(F)(F)F)CC1. The van der Waals surface area contributed by atoms with E-state index in [4.69, 9.17) is 0 Å². The van der Waals surface area contributed by atoms with Crippen LogP contribution in [0.5, 0.6) is 0 Å². The summed E-state index contributed by atoms with van der Waals surface area (Å²) in [6.07, 6.45) is -4.24. The quantitative estimate of drug-likeness (QED) is 0.795. The molecule has 2 rings (SSSR count). The van der Waals surface area contributed by atoms with Crippen molar-refractivity contribution in [3.05, 3.63) is 28.5 Å². The summed E-state index contributed by atoms with van der Waals surface area (Å²) in [5.74, 6) is -0.507. The maximum atomic E-state index is 13.4. The zero-order chi connectivity index (χ0) is 16.3. The van der Waals surface area contributed by atoms with Crippen molar-refractivity contribution in [3.8, 4) is 0 Å².